The van der Waals surface area contributed by atoms with Gasteiger partial charge in [-0.05, 0) is 38.2 Å². The third kappa shape index (κ3) is 8.67. The fourth-order valence-corrected chi connectivity index (χ4v) is 3.07. The van der Waals surface area contributed by atoms with Gasteiger partial charge in [0.2, 0.25) is 0 Å². The molecule has 2 aromatic carbocycles. The maximum absolute atomic E-state index is 12.8. The van der Waals surface area contributed by atoms with Crippen molar-refractivity contribution in [1.29, 1.82) is 0 Å². The van der Waals surface area contributed by atoms with Crippen molar-refractivity contribution in [1.82, 2.24) is 10.2 Å². The summed E-state index contributed by atoms with van der Waals surface area (Å²) in [7, 11) is 3.92. The van der Waals surface area contributed by atoms with Crippen LogP contribution in [0, 0.1) is 0 Å². The Hall–Kier alpha value is -3.71. The number of carbonyl (C=O) groups excluding carboxylic acids is 2. The van der Waals surface area contributed by atoms with E-state index in [1.54, 1.807) is 24.3 Å². The van der Waals surface area contributed by atoms with Gasteiger partial charge in [0.05, 0.1) is 12.2 Å². The first-order chi connectivity index (χ1) is 16.3. The average Bonchev–Trinajstić information content (AvgIpc) is 2.83. The number of hydrogen-bond donors (Lipinski definition) is 3. The fraction of sp³-hybridized carbons (Fsp3) is 0.296. The molecule has 7 heteroatoms. The Morgan fingerprint density at radius 2 is 1.76 bits per heavy atom. The molecule has 4 N–H and O–H groups in total. The minimum absolute atomic E-state index is 0.00735. The number of nitrogens with two attached hydrogens (primary N) is 1. The number of amidine groups is 1. The van der Waals surface area contributed by atoms with Gasteiger partial charge in [-0.1, -0.05) is 62.4 Å². The largest absolute Gasteiger partial charge is 0.394 e. The summed E-state index contributed by atoms with van der Waals surface area (Å²) in [4.78, 5) is 32.0. The van der Waals surface area contributed by atoms with Gasteiger partial charge >= 0.3 is 0 Å². The first-order valence-electron chi connectivity index (χ1n) is 11.4. The summed E-state index contributed by atoms with van der Waals surface area (Å²) in [5.74, 6) is -0.0918. The molecule has 0 aliphatic rings. The number of benzene rings is 2. The van der Waals surface area contributed by atoms with Crippen LogP contribution in [0.3, 0.4) is 0 Å². The molecule has 34 heavy (non-hydrogen) atoms. The van der Waals surface area contributed by atoms with Crippen LogP contribution in [0.1, 0.15) is 42.1 Å². The molecule has 0 aliphatic heterocycles. The molecule has 180 valence electrons. The van der Waals surface area contributed by atoms with Crippen LogP contribution in [0.4, 0.5) is 5.69 Å². The number of carbonyl (C=O) groups is 2. The van der Waals surface area contributed by atoms with Gasteiger partial charge in [0.1, 0.15) is 11.5 Å². The summed E-state index contributed by atoms with van der Waals surface area (Å²) < 4.78 is 0. The Morgan fingerprint density at radius 1 is 1.09 bits per heavy atom. The number of nitrogens with one attached hydrogen (secondary N) is 2. The Kier molecular flexibility index (Phi) is 10.7. The highest BCUT2D eigenvalue weighted by molar-refractivity contribution is 6.12. The minimum Gasteiger partial charge on any atom is -0.394 e. The zero-order valence-electron chi connectivity index (χ0n) is 20.3. The van der Waals surface area contributed by atoms with Crippen LogP contribution in [0.15, 0.2) is 77.9 Å². The summed E-state index contributed by atoms with van der Waals surface area (Å²) in [5, 5.41) is 5.92. The van der Waals surface area contributed by atoms with Crippen LogP contribution in [0.25, 0.3) is 5.70 Å². The van der Waals surface area contributed by atoms with Gasteiger partial charge in [0.25, 0.3) is 5.91 Å². The summed E-state index contributed by atoms with van der Waals surface area (Å²) in [6.45, 7) is 7.35. The number of anilines is 1. The van der Waals surface area contributed by atoms with E-state index >= 15 is 0 Å². The van der Waals surface area contributed by atoms with Gasteiger partial charge in [0.15, 0.2) is 5.78 Å². The third-order valence-electron chi connectivity index (χ3n) is 5.02. The number of amides is 1. The lowest BCUT2D eigenvalue weighted by molar-refractivity contribution is -0.112. The summed E-state index contributed by atoms with van der Waals surface area (Å²) in [6, 6.07) is 16.6. The average molecular weight is 462 g/mol. The molecule has 1 amide bonds. The molecule has 2 aromatic rings. The maximum Gasteiger partial charge on any atom is 0.271 e. The molecule has 0 atom stereocenters. The van der Waals surface area contributed by atoms with E-state index in [-0.39, 0.29) is 11.5 Å². The lowest BCUT2D eigenvalue weighted by atomic mass is 10.0. The highest BCUT2D eigenvalue weighted by atomic mass is 16.2. The van der Waals surface area contributed by atoms with Gasteiger partial charge in [-0.15, -0.1) is 0 Å². The molecule has 0 radical (unpaired) electrons. The van der Waals surface area contributed by atoms with Crippen LogP contribution < -0.4 is 16.4 Å². The van der Waals surface area contributed by atoms with Gasteiger partial charge in [-0.3, -0.25) is 14.6 Å². The molecule has 2 rings (SSSR count). The number of para-hydroxylation sites is 1. The number of ketones is 1. The van der Waals surface area contributed by atoms with E-state index in [1.807, 2.05) is 56.3 Å². The first kappa shape index (κ1) is 26.5. The van der Waals surface area contributed by atoms with Crippen LogP contribution in [0.2, 0.25) is 0 Å². The lowest BCUT2D eigenvalue weighted by Crippen LogP contribution is -2.27. The number of rotatable bonds is 12. The highest BCUT2D eigenvalue weighted by Gasteiger charge is 2.14. The van der Waals surface area contributed by atoms with Gasteiger partial charge < -0.3 is 21.3 Å². The van der Waals surface area contributed by atoms with Gasteiger partial charge in [0, 0.05) is 30.3 Å². The number of aliphatic imine (C=N–C) groups is 1. The van der Waals surface area contributed by atoms with E-state index < -0.39 is 5.91 Å². The molecule has 0 aliphatic carbocycles. The van der Waals surface area contributed by atoms with Crippen molar-refractivity contribution in [2.45, 2.75) is 26.2 Å². The van der Waals surface area contributed by atoms with E-state index in [2.05, 4.69) is 22.2 Å². The van der Waals surface area contributed by atoms with Crippen molar-refractivity contribution in [2.24, 2.45) is 10.7 Å². The molecule has 0 saturated carbocycles. The maximum atomic E-state index is 12.8. The molecule has 0 bridgehead atoms. The van der Waals surface area contributed by atoms with E-state index in [0.29, 0.717) is 35.7 Å². The van der Waals surface area contributed by atoms with Crippen LogP contribution in [-0.2, 0) is 4.79 Å². The monoisotopic (exact) mass is 461 g/mol. The minimum atomic E-state index is -0.511. The summed E-state index contributed by atoms with van der Waals surface area (Å²) in [5.41, 5.74) is 8.55. The molecule has 7 nitrogen and oxygen atoms in total. The summed E-state index contributed by atoms with van der Waals surface area (Å²) in [6.07, 6.45) is 3.64. The fourth-order valence-electron chi connectivity index (χ4n) is 3.07. The molecule has 0 aromatic heterocycles. The molecule has 0 saturated heterocycles. The van der Waals surface area contributed by atoms with E-state index in [1.165, 1.54) is 6.08 Å². The Morgan fingerprint density at radius 3 is 2.44 bits per heavy atom. The number of hydrogen-bond acceptors (Lipinski definition) is 5. The van der Waals surface area contributed by atoms with Gasteiger partial charge in [-0.2, -0.15) is 0 Å². The first-order valence-corrected chi connectivity index (χ1v) is 11.4. The topological polar surface area (TPSA) is 99.8 Å². The van der Waals surface area contributed by atoms with Crippen LogP contribution >= 0.6 is 0 Å². The Labute approximate surface area is 202 Å². The summed E-state index contributed by atoms with van der Waals surface area (Å²) >= 11 is 0. The number of unbranched alkanes of at least 4 members (excludes halogenated alkanes) is 1. The van der Waals surface area contributed by atoms with Crippen molar-refractivity contribution in [2.75, 3.05) is 32.5 Å². The lowest BCUT2D eigenvalue weighted by Gasteiger charge is -2.13. The predicted octanol–water partition coefficient (Wildman–Crippen LogP) is 4.06. The highest BCUT2D eigenvalue weighted by Crippen LogP contribution is 2.18. The van der Waals surface area contributed by atoms with Gasteiger partial charge in [-0.25, -0.2) is 0 Å². The molecular weight excluding hydrogens is 426 g/mol. The van der Waals surface area contributed by atoms with E-state index in [4.69, 9.17) is 5.73 Å². The second kappa shape index (κ2) is 13.7. The number of nitrogens with zero attached hydrogens (tertiary/aromatic N) is 2. The normalized spacial score (nSPS) is 11.9. The van der Waals surface area contributed by atoms with E-state index in [0.717, 1.165) is 24.9 Å². The quantitative estimate of drug-likeness (QED) is 0.192. The van der Waals surface area contributed by atoms with Crippen LogP contribution in [0.5, 0.6) is 0 Å². The van der Waals surface area contributed by atoms with Crippen molar-refractivity contribution in [3.05, 3.63) is 84.1 Å². The zero-order chi connectivity index (χ0) is 24.9. The zero-order valence-corrected chi connectivity index (χ0v) is 20.3. The molecule has 0 fully saturated rings. The predicted molar refractivity (Wildman–Crippen MR) is 141 cm³/mol. The molecule has 0 unspecified atom stereocenters. The Balaban J connectivity index is 2.20. The number of Topliss-reactive ketones (excluding diaryl/α,β-unsaturated/α-hetero) is 1. The molecule has 0 heterocycles. The van der Waals surface area contributed by atoms with Crippen LogP contribution in [-0.4, -0.2) is 49.6 Å². The third-order valence-corrected chi connectivity index (χ3v) is 5.02. The van der Waals surface area contributed by atoms with Crippen molar-refractivity contribution in [3.8, 4) is 0 Å². The smallest absolute Gasteiger partial charge is 0.271 e. The standard InChI is InChI=1S/C27H35N5O2/c1-5-6-16-25(33)22-14-10-11-15-24(22)31-27(34)23(28)19-26(29-17-18-32(3)4)30-20(2)21-12-8-7-9-13-21/h7-15,19H,2,5-6,16-18,28H2,1,3-4H3,(H,29,30)(H,31,34)/b23-19-. The van der Waals surface area contributed by atoms with Crippen molar-refractivity contribution < 1.29 is 9.59 Å². The SMILES string of the molecule is C=C(NC(/C=C(\N)C(=O)Nc1ccccc1C(=O)CCCC)=NCCN(C)C)c1ccccc1. The second-order valence-corrected chi connectivity index (χ2v) is 8.17. The molecule has 0 spiro atoms. The van der Waals surface area contributed by atoms with Crippen molar-refractivity contribution >= 4 is 28.9 Å². The van der Waals surface area contributed by atoms with Crippen molar-refractivity contribution in [3.63, 3.8) is 0 Å². The number of likely N-dealkylation sites (N-methyl/N-ethyl adjacent to an activating group) is 1. The second-order valence-electron chi connectivity index (χ2n) is 8.17. The van der Waals surface area contributed by atoms with E-state index in [9.17, 15) is 9.59 Å². The Bertz CT molecular complexity index is 1040. The molecular formula is C27H35N5O2.